The Kier molecular flexibility index (Phi) is 4.60. The first-order chi connectivity index (χ1) is 13.8. The number of nitrogens with one attached hydrogen (secondary N) is 2. The molecule has 2 N–H and O–H groups in total. The Bertz CT molecular complexity index is 1360. The van der Waals surface area contributed by atoms with E-state index in [2.05, 4.69) is 10.3 Å². The molecule has 0 bridgehead atoms. The van der Waals surface area contributed by atoms with E-state index in [1.165, 1.54) is 10.8 Å². The Hall–Kier alpha value is -3.58. The van der Waals surface area contributed by atoms with E-state index in [4.69, 9.17) is 11.6 Å². The highest BCUT2D eigenvalue weighted by Crippen LogP contribution is 2.18. The largest absolute Gasteiger partial charge is 0.344 e. The van der Waals surface area contributed by atoms with Gasteiger partial charge in [0, 0.05) is 24.0 Å². The van der Waals surface area contributed by atoms with E-state index >= 15 is 0 Å². The molecule has 0 unspecified atom stereocenters. The Morgan fingerprint density at radius 3 is 2.52 bits per heavy atom. The van der Waals surface area contributed by atoms with Crippen LogP contribution in [0.5, 0.6) is 0 Å². The number of benzene rings is 2. The molecule has 146 valence electrons. The summed E-state index contributed by atoms with van der Waals surface area (Å²) in [5, 5.41) is 3.29. The second kappa shape index (κ2) is 7.10. The van der Waals surface area contributed by atoms with Crippen molar-refractivity contribution in [1.29, 1.82) is 0 Å². The molecule has 2 aromatic carbocycles. The van der Waals surface area contributed by atoms with Crippen molar-refractivity contribution in [1.82, 2.24) is 14.1 Å². The molecule has 0 spiro atoms. The van der Waals surface area contributed by atoms with Crippen LogP contribution in [0.4, 0.5) is 5.69 Å². The number of hydrogen-bond donors (Lipinski definition) is 2. The lowest BCUT2D eigenvalue weighted by molar-refractivity contribution is 0.102. The number of halogens is 1. The van der Waals surface area contributed by atoms with Crippen LogP contribution in [-0.2, 0) is 7.05 Å². The minimum atomic E-state index is -0.638. The first-order valence-electron chi connectivity index (χ1n) is 8.83. The molecule has 0 fully saturated rings. The minimum Gasteiger partial charge on any atom is -0.344 e. The van der Waals surface area contributed by atoms with Crippen LogP contribution in [0.1, 0.15) is 15.9 Å². The molecule has 0 aliphatic heterocycles. The van der Waals surface area contributed by atoms with E-state index in [9.17, 15) is 14.4 Å². The highest BCUT2D eigenvalue weighted by atomic mass is 35.5. The maximum absolute atomic E-state index is 13.1. The molecule has 4 rings (SSSR count). The summed E-state index contributed by atoms with van der Waals surface area (Å²) >= 11 is 5.89. The Balaban J connectivity index is 1.84. The normalized spacial score (nSPS) is 11.0. The predicted octanol–water partition coefficient (Wildman–Crippen LogP) is 3.23. The van der Waals surface area contributed by atoms with Crippen LogP contribution in [0.2, 0.25) is 5.02 Å². The van der Waals surface area contributed by atoms with Gasteiger partial charge in [-0.1, -0.05) is 23.7 Å². The number of aryl methyl sites for hydroxylation is 2. The van der Waals surface area contributed by atoms with Crippen LogP contribution in [0, 0.1) is 6.92 Å². The van der Waals surface area contributed by atoms with E-state index in [0.717, 1.165) is 10.1 Å². The van der Waals surface area contributed by atoms with Crippen LogP contribution < -0.4 is 16.6 Å². The van der Waals surface area contributed by atoms with Gasteiger partial charge < -0.3 is 14.9 Å². The molecule has 1 amide bonds. The second-order valence-electron chi connectivity index (χ2n) is 6.75. The molecule has 2 aromatic heterocycles. The lowest BCUT2D eigenvalue weighted by Gasteiger charge is -2.07. The maximum atomic E-state index is 13.1. The molecule has 4 aromatic rings. The summed E-state index contributed by atoms with van der Waals surface area (Å²) in [6, 6.07) is 13.7. The Labute approximate surface area is 170 Å². The molecule has 29 heavy (non-hydrogen) atoms. The SMILES string of the molecule is Cc1cccc(NC(=O)c2cn(C)c3c(=O)n(-c4ccc(Cl)cc4)c(=O)[nH]c23)c1. The van der Waals surface area contributed by atoms with Crippen molar-refractivity contribution in [3.05, 3.63) is 91.7 Å². The number of aromatic nitrogens is 3. The molecule has 7 nitrogen and oxygen atoms in total. The number of H-pyrrole nitrogens is 1. The van der Waals surface area contributed by atoms with Gasteiger partial charge in [0.15, 0.2) is 0 Å². The quantitative estimate of drug-likeness (QED) is 0.545. The van der Waals surface area contributed by atoms with Crippen molar-refractivity contribution in [2.45, 2.75) is 6.92 Å². The lowest BCUT2D eigenvalue weighted by Crippen LogP contribution is -2.34. The monoisotopic (exact) mass is 408 g/mol. The minimum absolute atomic E-state index is 0.192. The summed E-state index contributed by atoms with van der Waals surface area (Å²) in [4.78, 5) is 41.2. The number of aromatic amines is 1. The molecule has 0 aliphatic carbocycles. The number of hydrogen-bond acceptors (Lipinski definition) is 3. The molecule has 0 saturated heterocycles. The number of rotatable bonds is 3. The summed E-state index contributed by atoms with van der Waals surface area (Å²) in [6.07, 6.45) is 1.53. The first-order valence-corrected chi connectivity index (χ1v) is 9.21. The second-order valence-corrected chi connectivity index (χ2v) is 7.18. The molecule has 8 heteroatoms. The molecule has 0 atom stereocenters. The zero-order valence-electron chi connectivity index (χ0n) is 15.7. The highest BCUT2D eigenvalue weighted by molar-refractivity contribution is 6.30. The van der Waals surface area contributed by atoms with E-state index in [-0.39, 0.29) is 16.6 Å². The molecule has 0 saturated carbocycles. The van der Waals surface area contributed by atoms with Crippen molar-refractivity contribution < 1.29 is 4.79 Å². The first kappa shape index (κ1) is 18.8. The van der Waals surface area contributed by atoms with E-state index < -0.39 is 17.2 Å². The predicted molar refractivity (Wildman–Crippen MR) is 113 cm³/mol. The Morgan fingerprint density at radius 1 is 1.10 bits per heavy atom. The maximum Gasteiger partial charge on any atom is 0.333 e. The summed E-state index contributed by atoms with van der Waals surface area (Å²) in [6.45, 7) is 1.92. The number of carbonyl (C=O) groups is 1. The van der Waals surface area contributed by atoms with Crippen molar-refractivity contribution in [3.63, 3.8) is 0 Å². The summed E-state index contributed by atoms with van der Waals surface area (Å²) in [5.74, 6) is -0.416. The zero-order chi connectivity index (χ0) is 20.7. The topological polar surface area (TPSA) is 88.9 Å². The molecule has 0 aliphatic rings. The number of fused-ring (bicyclic) bond motifs is 1. The smallest absolute Gasteiger partial charge is 0.333 e. The van der Waals surface area contributed by atoms with Crippen molar-refractivity contribution in [3.8, 4) is 5.69 Å². The number of anilines is 1. The average Bonchev–Trinajstić information content (AvgIpc) is 3.00. The number of carbonyl (C=O) groups excluding carboxylic acids is 1. The fourth-order valence-electron chi connectivity index (χ4n) is 3.29. The molecule has 2 heterocycles. The average molecular weight is 409 g/mol. The molecule has 0 radical (unpaired) electrons. The van der Waals surface area contributed by atoms with Gasteiger partial charge in [0.2, 0.25) is 0 Å². The van der Waals surface area contributed by atoms with Crippen LogP contribution in [0.15, 0.2) is 64.3 Å². The van der Waals surface area contributed by atoms with Gasteiger partial charge in [-0.05, 0) is 48.9 Å². The third kappa shape index (κ3) is 3.36. The number of amides is 1. The fraction of sp³-hybridized carbons (Fsp3) is 0.0952. The van der Waals surface area contributed by atoms with Gasteiger partial charge >= 0.3 is 5.69 Å². The van der Waals surface area contributed by atoms with Crippen LogP contribution >= 0.6 is 11.6 Å². The summed E-state index contributed by atoms with van der Waals surface area (Å²) < 4.78 is 2.55. The third-order valence-corrected chi connectivity index (χ3v) is 4.88. The van der Waals surface area contributed by atoms with Gasteiger partial charge in [0.25, 0.3) is 11.5 Å². The Morgan fingerprint density at radius 2 is 1.83 bits per heavy atom. The van der Waals surface area contributed by atoms with Crippen molar-refractivity contribution >= 4 is 34.2 Å². The standard InChI is InChI=1S/C21H17ClN4O3/c1-12-4-3-5-14(10-12)23-19(27)16-11-25(2)18-17(16)24-21(29)26(20(18)28)15-8-6-13(22)7-9-15/h3-11H,1-2H3,(H,23,27)(H,24,29). The highest BCUT2D eigenvalue weighted by Gasteiger charge is 2.20. The van der Waals surface area contributed by atoms with Crippen LogP contribution in [-0.4, -0.2) is 20.0 Å². The van der Waals surface area contributed by atoms with Gasteiger partial charge in [-0.15, -0.1) is 0 Å². The van der Waals surface area contributed by atoms with Gasteiger partial charge in [-0.2, -0.15) is 0 Å². The number of nitrogens with zero attached hydrogens (tertiary/aromatic N) is 2. The zero-order valence-corrected chi connectivity index (χ0v) is 16.4. The van der Waals surface area contributed by atoms with E-state index in [0.29, 0.717) is 16.4 Å². The van der Waals surface area contributed by atoms with Gasteiger partial charge in [0.1, 0.15) is 5.52 Å². The molecular formula is C21H17ClN4O3. The van der Waals surface area contributed by atoms with Crippen molar-refractivity contribution in [2.75, 3.05) is 5.32 Å². The summed E-state index contributed by atoms with van der Waals surface area (Å²) in [5.41, 5.74) is 1.47. The molecular weight excluding hydrogens is 392 g/mol. The van der Waals surface area contributed by atoms with Crippen LogP contribution in [0.25, 0.3) is 16.7 Å². The van der Waals surface area contributed by atoms with E-state index in [1.807, 2.05) is 25.1 Å². The van der Waals surface area contributed by atoms with Gasteiger partial charge in [-0.25, -0.2) is 9.36 Å². The third-order valence-electron chi connectivity index (χ3n) is 4.63. The summed E-state index contributed by atoms with van der Waals surface area (Å²) in [7, 11) is 1.65. The van der Waals surface area contributed by atoms with Gasteiger partial charge in [-0.3, -0.25) is 9.59 Å². The fourth-order valence-corrected chi connectivity index (χ4v) is 3.42. The van der Waals surface area contributed by atoms with Crippen LogP contribution in [0.3, 0.4) is 0 Å². The van der Waals surface area contributed by atoms with Gasteiger partial charge in [0.05, 0.1) is 16.8 Å². The van der Waals surface area contributed by atoms with Crippen molar-refractivity contribution in [2.24, 2.45) is 7.05 Å². The lowest BCUT2D eigenvalue weighted by atomic mass is 10.2. The van der Waals surface area contributed by atoms with E-state index in [1.54, 1.807) is 37.4 Å².